The molecule has 0 spiro atoms. The molecule has 0 amide bonds. The van der Waals surface area contributed by atoms with E-state index in [1.165, 1.54) is 21.1 Å². The molecule has 5 aromatic rings. The van der Waals surface area contributed by atoms with E-state index in [0.29, 0.717) is 0 Å². The number of hydrogen-bond acceptors (Lipinski definition) is 4. The van der Waals surface area contributed by atoms with E-state index < -0.39 is 0 Å². The average Bonchev–Trinajstić information content (AvgIpc) is 3.43. The Balaban J connectivity index is 1.29. The molecule has 2 aromatic carbocycles. The van der Waals surface area contributed by atoms with E-state index in [-0.39, 0.29) is 15.8 Å². The normalized spacial score (nSPS) is 11.6. The predicted octanol–water partition coefficient (Wildman–Crippen LogP) is 4.98. The Kier molecular flexibility index (Phi) is 5.48. The van der Waals surface area contributed by atoms with Crippen LogP contribution in [0.1, 0.15) is 5.69 Å². The topological polar surface area (TPSA) is 43.6 Å². The summed E-state index contributed by atoms with van der Waals surface area (Å²) in [7, 11) is 0. The van der Waals surface area contributed by atoms with Crippen molar-refractivity contribution in [2.75, 3.05) is 0 Å². The van der Waals surface area contributed by atoms with Crippen molar-refractivity contribution in [1.29, 1.82) is 0 Å². The van der Waals surface area contributed by atoms with Crippen LogP contribution in [0.25, 0.3) is 32.7 Å². The van der Waals surface area contributed by atoms with Gasteiger partial charge in [0.05, 0.1) is 0 Å². The van der Waals surface area contributed by atoms with Gasteiger partial charge in [0.2, 0.25) is 0 Å². The Morgan fingerprint density at radius 3 is 2.60 bits per heavy atom. The molecule has 0 unspecified atom stereocenters. The molecule has 3 heterocycles. The van der Waals surface area contributed by atoms with Crippen molar-refractivity contribution in [3.63, 3.8) is 0 Å². The fraction of sp³-hybridized carbons (Fsp3) is 0.125. The quantitative estimate of drug-likeness (QED) is 0.328. The number of para-hydroxylation sites is 1. The number of rotatable bonds is 6. The van der Waals surface area contributed by atoms with Gasteiger partial charge in [0.15, 0.2) is 0 Å². The second-order valence-electron chi connectivity index (χ2n) is 7.05. The summed E-state index contributed by atoms with van der Waals surface area (Å²) < 4.78 is 3.60. The molecule has 0 aliphatic heterocycles. The van der Waals surface area contributed by atoms with Gasteiger partial charge in [0.25, 0.3) is 0 Å². The molecule has 6 heteroatoms. The van der Waals surface area contributed by atoms with Crippen molar-refractivity contribution in [2.24, 2.45) is 0 Å². The first-order valence-corrected chi connectivity index (χ1v) is 13.0. The number of hydrogen-bond donors (Lipinski definition) is 0. The fourth-order valence-corrected chi connectivity index (χ4v) is 6.13. The van der Waals surface area contributed by atoms with Crippen LogP contribution in [0.2, 0.25) is 5.21 Å². The number of fused-ring (bicyclic) bond motifs is 1. The van der Waals surface area contributed by atoms with Crippen LogP contribution in [0, 0.1) is 6.92 Å². The molecule has 0 aliphatic carbocycles. The molecular weight excluding hydrogens is 451 g/mol. The van der Waals surface area contributed by atoms with Crippen LogP contribution < -0.4 is 4.48 Å². The molecule has 0 N–H and O–H groups in total. The van der Waals surface area contributed by atoms with Crippen LogP contribution in [0.3, 0.4) is 0 Å². The summed E-state index contributed by atoms with van der Waals surface area (Å²) in [4.78, 5) is 13.4. The maximum absolute atomic E-state index is 4.54. The van der Waals surface area contributed by atoms with E-state index in [0.717, 1.165) is 33.6 Å². The molecule has 0 saturated heterocycles. The van der Waals surface area contributed by atoms with Crippen LogP contribution in [0.15, 0.2) is 78.6 Å². The number of nitrogens with zero attached hydrogens (tertiary/aromatic N) is 4. The Morgan fingerprint density at radius 1 is 0.933 bits per heavy atom. The van der Waals surface area contributed by atoms with Crippen LogP contribution in [0.5, 0.6) is 0 Å². The second-order valence-corrected chi connectivity index (χ2v) is 10.5. The summed E-state index contributed by atoms with van der Waals surface area (Å²) in [6.45, 7) is 3.22. The average molecular weight is 471 g/mol. The maximum atomic E-state index is 4.54. The number of aromatic nitrogens is 4. The van der Waals surface area contributed by atoms with Gasteiger partial charge in [-0.25, -0.2) is 0 Å². The van der Waals surface area contributed by atoms with E-state index in [9.17, 15) is 0 Å². The minimum atomic E-state index is -0.0117. The zero-order valence-corrected chi connectivity index (χ0v) is 19.3. The first-order valence-electron chi connectivity index (χ1n) is 9.83. The third kappa shape index (κ3) is 3.96. The van der Waals surface area contributed by atoms with E-state index in [1.54, 1.807) is 17.7 Å². The molecule has 0 atom stereocenters. The van der Waals surface area contributed by atoms with E-state index in [2.05, 4.69) is 87.1 Å². The van der Waals surface area contributed by atoms with Gasteiger partial charge in [-0.15, -0.1) is 0 Å². The minimum absolute atomic E-state index is 0.0117. The van der Waals surface area contributed by atoms with Gasteiger partial charge in [0.1, 0.15) is 0 Å². The van der Waals surface area contributed by atoms with Gasteiger partial charge in [-0.2, -0.15) is 0 Å². The van der Waals surface area contributed by atoms with Crippen LogP contribution in [0.4, 0.5) is 0 Å². The summed E-state index contributed by atoms with van der Waals surface area (Å²) in [6.07, 6.45) is 3.54. The van der Waals surface area contributed by atoms with Gasteiger partial charge in [-0.1, -0.05) is 0 Å². The first-order chi connectivity index (χ1) is 14.8. The van der Waals surface area contributed by atoms with Gasteiger partial charge in [0, 0.05) is 0 Å². The molecule has 0 fully saturated rings. The summed E-state index contributed by atoms with van der Waals surface area (Å²) >= 11 is 1.64. The molecule has 0 saturated carbocycles. The van der Waals surface area contributed by atoms with Crippen molar-refractivity contribution in [2.45, 2.75) is 18.7 Å². The van der Waals surface area contributed by atoms with Crippen LogP contribution in [-0.2, 0) is 6.54 Å². The Morgan fingerprint density at radius 2 is 1.77 bits per heavy atom. The summed E-state index contributed by atoms with van der Waals surface area (Å²) in [5, 5.41) is 5.50. The van der Waals surface area contributed by atoms with Crippen molar-refractivity contribution in [3.8, 4) is 21.8 Å². The Labute approximate surface area is 186 Å². The Bertz CT molecular complexity index is 1280. The van der Waals surface area contributed by atoms with Crippen LogP contribution >= 0.6 is 11.3 Å². The van der Waals surface area contributed by atoms with Crippen molar-refractivity contribution >= 4 is 42.5 Å². The molecule has 0 bridgehead atoms. The molecular formula is C24H20AsN4S. The SMILES string of the molecule is Cc1cc2ccccc2n1CC[As]c1cc(-c2ccc(-c3nccs3)cc2)ncn1. The van der Waals surface area contributed by atoms with E-state index >= 15 is 0 Å². The van der Waals surface area contributed by atoms with Gasteiger partial charge in [-0.05, 0) is 0 Å². The number of thiazole rings is 1. The van der Waals surface area contributed by atoms with Gasteiger partial charge in [-0.3, -0.25) is 0 Å². The zero-order valence-electron chi connectivity index (χ0n) is 16.6. The molecule has 4 nitrogen and oxygen atoms in total. The number of aryl methyl sites for hydroxylation is 2. The van der Waals surface area contributed by atoms with E-state index in [1.807, 2.05) is 11.6 Å². The van der Waals surface area contributed by atoms with Crippen molar-refractivity contribution in [1.82, 2.24) is 19.5 Å². The van der Waals surface area contributed by atoms with Crippen molar-refractivity contribution < 1.29 is 0 Å². The fourth-order valence-electron chi connectivity index (χ4n) is 3.65. The molecule has 30 heavy (non-hydrogen) atoms. The monoisotopic (exact) mass is 471 g/mol. The standard InChI is InChI=1S/C24H20AsN4S/c1-17-14-20-4-2-3-5-22(20)29(17)12-10-25-23-15-21(27-16-28-23)18-6-8-19(9-7-18)24-26-11-13-30-24/h2-9,11,13-16H,10,12H2,1H3. The molecule has 147 valence electrons. The summed E-state index contributed by atoms with van der Waals surface area (Å²) in [5.41, 5.74) is 5.89. The second kappa shape index (κ2) is 8.55. The van der Waals surface area contributed by atoms with E-state index in [4.69, 9.17) is 0 Å². The summed E-state index contributed by atoms with van der Waals surface area (Å²) in [6, 6.07) is 21.5. The molecule has 3 aromatic heterocycles. The third-order valence-electron chi connectivity index (χ3n) is 5.13. The van der Waals surface area contributed by atoms with Gasteiger partial charge >= 0.3 is 187 Å². The van der Waals surface area contributed by atoms with Crippen LogP contribution in [-0.4, -0.2) is 35.3 Å². The number of benzene rings is 2. The molecule has 5 rings (SSSR count). The van der Waals surface area contributed by atoms with Gasteiger partial charge < -0.3 is 0 Å². The Hall–Kier alpha value is -2.75. The van der Waals surface area contributed by atoms with Crippen molar-refractivity contribution in [3.05, 3.63) is 84.3 Å². The molecule has 0 aliphatic rings. The molecule has 1 radical (unpaired) electrons. The third-order valence-corrected chi connectivity index (χ3v) is 8.03. The predicted molar refractivity (Wildman–Crippen MR) is 125 cm³/mol. The first kappa shape index (κ1) is 19.2. The zero-order chi connectivity index (χ0) is 20.3. The summed E-state index contributed by atoms with van der Waals surface area (Å²) in [5.74, 6) is 0.